The Balaban J connectivity index is 3.02. The first-order valence-corrected chi connectivity index (χ1v) is 7.91. The van der Waals surface area contributed by atoms with Gasteiger partial charge < -0.3 is 5.11 Å². The summed E-state index contributed by atoms with van der Waals surface area (Å²) in [6, 6.07) is 2.12. The Bertz CT molecular complexity index is 590. The van der Waals surface area contributed by atoms with E-state index < -0.39 is 26.7 Å². The maximum atomic E-state index is 12.6. The average Bonchev–Trinajstić information content (AvgIpc) is 2.36. The summed E-state index contributed by atoms with van der Waals surface area (Å²) < 4.78 is 64.1. The monoisotopic (exact) mass is 345 g/mol. The number of hydrogen-bond acceptors (Lipinski definition) is 3. The molecule has 1 aromatic rings. The third kappa shape index (κ3) is 5.14. The van der Waals surface area contributed by atoms with E-state index in [9.17, 15) is 21.6 Å². The molecule has 21 heavy (non-hydrogen) atoms. The predicted octanol–water partition coefficient (Wildman–Crippen LogP) is 2.66. The minimum absolute atomic E-state index is 0.00450. The fourth-order valence-electron chi connectivity index (χ4n) is 1.54. The van der Waals surface area contributed by atoms with Gasteiger partial charge in [0.15, 0.2) is 0 Å². The largest absolute Gasteiger partial charge is 0.416 e. The molecule has 0 saturated carbocycles. The lowest BCUT2D eigenvalue weighted by Gasteiger charge is -2.14. The van der Waals surface area contributed by atoms with Crippen molar-refractivity contribution in [1.29, 1.82) is 0 Å². The van der Waals surface area contributed by atoms with Crippen LogP contribution in [0.15, 0.2) is 23.1 Å². The third-order valence-electron chi connectivity index (χ3n) is 2.79. The van der Waals surface area contributed by atoms with Crippen molar-refractivity contribution in [2.24, 2.45) is 5.92 Å². The third-order valence-corrected chi connectivity index (χ3v) is 4.70. The first-order valence-electron chi connectivity index (χ1n) is 6.05. The van der Waals surface area contributed by atoms with E-state index in [-0.39, 0.29) is 24.1 Å². The van der Waals surface area contributed by atoms with Crippen LogP contribution in [0, 0.1) is 5.92 Å². The first-order chi connectivity index (χ1) is 9.58. The van der Waals surface area contributed by atoms with Gasteiger partial charge in [-0.15, -0.1) is 0 Å². The highest BCUT2D eigenvalue weighted by molar-refractivity contribution is 7.89. The van der Waals surface area contributed by atoms with Crippen LogP contribution in [0.2, 0.25) is 5.02 Å². The SMILES string of the molecule is CC(CCO)CNS(=O)(=O)c1cc(C(F)(F)F)ccc1Cl. The molecule has 120 valence electrons. The second kappa shape index (κ2) is 6.95. The highest BCUT2D eigenvalue weighted by Gasteiger charge is 2.32. The van der Waals surface area contributed by atoms with Gasteiger partial charge in [-0.3, -0.25) is 0 Å². The van der Waals surface area contributed by atoms with Gasteiger partial charge in [0, 0.05) is 13.2 Å². The van der Waals surface area contributed by atoms with Crippen molar-refractivity contribution in [2.75, 3.05) is 13.2 Å². The van der Waals surface area contributed by atoms with Crippen LogP contribution in [0.4, 0.5) is 13.2 Å². The molecular weight excluding hydrogens is 331 g/mol. The summed E-state index contributed by atoms with van der Waals surface area (Å²) >= 11 is 5.68. The van der Waals surface area contributed by atoms with Crippen LogP contribution in [0.25, 0.3) is 0 Å². The number of halogens is 4. The number of aliphatic hydroxyl groups excluding tert-OH is 1. The van der Waals surface area contributed by atoms with Crippen LogP contribution in [0.1, 0.15) is 18.9 Å². The van der Waals surface area contributed by atoms with E-state index in [1.54, 1.807) is 6.92 Å². The van der Waals surface area contributed by atoms with Crippen molar-refractivity contribution < 1.29 is 26.7 Å². The molecule has 1 aromatic carbocycles. The summed E-state index contributed by atoms with van der Waals surface area (Å²) in [5.74, 6) is -0.158. The number of nitrogens with one attached hydrogen (secondary N) is 1. The van der Waals surface area contributed by atoms with Crippen molar-refractivity contribution >= 4 is 21.6 Å². The van der Waals surface area contributed by atoms with E-state index >= 15 is 0 Å². The first kappa shape index (κ1) is 18.2. The van der Waals surface area contributed by atoms with Crippen molar-refractivity contribution in [1.82, 2.24) is 4.72 Å². The summed E-state index contributed by atoms with van der Waals surface area (Å²) in [5.41, 5.74) is -1.09. The normalized spacial score (nSPS) is 14.2. The topological polar surface area (TPSA) is 66.4 Å². The molecule has 0 aliphatic rings. The fourth-order valence-corrected chi connectivity index (χ4v) is 3.23. The molecule has 0 bridgehead atoms. The van der Waals surface area contributed by atoms with E-state index in [1.807, 2.05) is 0 Å². The van der Waals surface area contributed by atoms with Gasteiger partial charge in [-0.1, -0.05) is 18.5 Å². The van der Waals surface area contributed by atoms with Crippen LogP contribution in [-0.2, 0) is 16.2 Å². The Hall–Kier alpha value is -0.830. The molecule has 0 heterocycles. The molecular formula is C12H15ClF3NO3S. The molecule has 0 saturated heterocycles. The van der Waals surface area contributed by atoms with Gasteiger partial charge >= 0.3 is 6.18 Å². The lowest BCUT2D eigenvalue weighted by Crippen LogP contribution is -2.29. The van der Waals surface area contributed by atoms with E-state index in [0.717, 1.165) is 12.1 Å². The lowest BCUT2D eigenvalue weighted by molar-refractivity contribution is -0.137. The van der Waals surface area contributed by atoms with Gasteiger partial charge in [-0.05, 0) is 30.5 Å². The van der Waals surface area contributed by atoms with Gasteiger partial charge in [0.05, 0.1) is 10.6 Å². The Labute approximate surface area is 126 Å². The summed E-state index contributed by atoms with van der Waals surface area (Å²) in [5, 5.41) is 8.44. The average molecular weight is 346 g/mol. The Kier molecular flexibility index (Phi) is 6.03. The zero-order valence-corrected chi connectivity index (χ0v) is 12.7. The molecule has 1 atom stereocenters. The highest BCUT2D eigenvalue weighted by Crippen LogP contribution is 2.33. The minimum atomic E-state index is -4.65. The van der Waals surface area contributed by atoms with E-state index in [2.05, 4.69) is 4.72 Å². The summed E-state index contributed by atoms with van der Waals surface area (Å²) in [7, 11) is -4.15. The fraction of sp³-hybridized carbons (Fsp3) is 0.500. The molecule has 9 heteroatoms. The standard InChI is InChI=1S/C12H15ClF3NO3S/c1-8(4-5-18)7-17-21(19,20)11-6-9(12(14,15)16)2-3-10(11)13/h2-3,6,8,17-18H,4-5,7H2,1H3. The Morgan fingerprint density at radius 3 is 2.52 bits per heavy atom. The number of benzene rings is 1. The number of hydrogen-bond donors (Lipinski definition) is 2. The number of alkyl halides is 3. The number of sulfonamides is 1. The van der Waals surface area contributed by atoms with Crippen molar-refractivity contribution in [2.45, 2.75) is 24.4 Å². The van der Waals surface area contributed by atoms with Crippen molar-refractivity contribution in [3.8, 4) is 0 Å². The maximum absolute atomic E-state index is 12.6. The summed E-state index contributed by atoms with van der Waals surface area (Å²) in [4.78, 5) is -0.616. The molecule has 0 amide bonds. The number of aliphatic hydroxyl groups is 1. The van der Waals surface area contributed by atoms with Crippen LogP contribution in [0.3, 0.4) is 0 Å². The summed E-state index contributed by atoms with van der Waals surface area (Å²) in [6.45, 7) is 1.59. The molecule has 0 aliphatic carbocycles. The van der Waals surface area contributed by atoms with Gasteiger partial charge in [0.25, 0.3) is 0 Å². The Morgan fingerprint density at radius 2 is 2.00 bits per heavy atom. The molecule has 0 spiro atoms. The molecule has 4 nitrogen and oxygen atoms in total. The molecule has 0 radical (unpaired) electrons. The van der Waals surface area contributed by atoms with Crippen molar-refractivity contribution in [3.05, 3.63) is 28.8 Å². The smallest absolute Gasteiger partial charge is 0.396 e. The van der Waals surface area contributed by atoms with E-state index in [0.29, 0.717) is 12.5 Å². The summed E-state index contributed by atoms with van der Waals surface area (Å²) in [6.07, 6.45) is -4.28. The molecule has 0 aromatic heterocycles. The molecule has 0 aliphatic heterocycles. The number of rotatable bonds is 6. The van der Waals surface area contributed by atoms with Gasteiger partial charge in [0.1, 0.15) is 4.90 Å². The zero-order valence-electron chi connectivity index (χ0n) is 11.1. The molecule has 1 unspecified atom stereocenters. The molecule has 1 rings (SSSR count). The van der Waals surface area contributed by atoms with Gasteiger partial charge in [-0.2, -0.15) is 13.2 Å². The maximum Gasteiger partial charge on any atom is 0.416 e. The zero-order chi connectivity index (χ0) is 16.3. The van der Waals surface area contributed by atoms with Gasteiger partial charge in [-0.25, -0.2) is 13.1 Å². The van der Waals surface area contributed by atoms with E-state index in [4.69, 9.17) is 16.7 Å². The predicted molar refractivity (Wildman–Crippen MR) is 72.5 cm³/mol. The second-order valence-electron chi connectivity index (χ2n) is 4.61. The minimum Gasteiger partial charge on any atom is -0.396 e. The highest BCUT2D eigenvalue weighted by atomic mass is 35.5. The molecule has 0 fully saturated rings. The Morgan fingerprint density at radius 1 is 1.38 bits per heavy atom. The lowest BCUT2D eigenvalue weighted by atomic mass is 10.1. The van der Waals surface area contributed by atoms with Gasteiger partial charge in [0.2, 0.25) is 10.0 Å². The van der Waals surface area contributed by atoms with E-state index in [1.165, 1.54) is 0 Å². The second-order valence-corrected chi connectivity index (χ2v) is 6.75. The molecule has 2 N–H and O–H groups in total. The quantitative estimate of drug-likeness (QED) is 0.833. The van der Waals surface area contributed by atoms with Crippen LogP contribution in [0.5, 0.6) is 0 Å². The van der Waals surface area contributed by atoms with Crippen LogP contribution in [-0.4, -0.2) is 26.7 Å². The van der Waals surface area contributed by atoms with Crippen LogP contribution >= 0.6 is 11.6 Å². The van der Waals surface area contributed by atoms with Crippen LogP contribution < -0.4 is 4.72 Å². The van der Waals surface area contributed by atoms with Crippen molar-refractivity contribution in [3.63, 3.8) is 0 Å².